The highest BCUT2D eigenvalue weighted by molar-refractivity contribution is 5.98. The Morgan fingerprint density at radius 2 is 1.72 bits per heavy atom. The van der Waals surface area contributed by atoms with Crippen LogP contribution in [0, 0.1) is 5.82 Å². The van der Waals surface area contributed by atoms with Gasteiger partial charge >= 0.3 is 0 Å². The minimum atomic E-state index is -0.261. The first-order valence-corrected chi connectivity index (χ1v) is 9.49. The molecule has 0 aliphatic rings. The molecule has 0 bridgehead atoms. The molecule has 0 unspecified atom stereocenters. The molecule has 2 N–H and O–H groups in total. The SMILES string of the molecule is O=C(NCCc1ccc(F)cc1)c1cc2ccc(OCc3ccccc3)cc2[nH]1. The Kier molecular flexibility index (Phi) is 5.56. The van der Waals surface area contributed by atoms with Crippen molar-refractivity contribution in [2.75, 3.05) is 6.54 Å². The van der Waals surface area contributed by atoms with Gasteiger partial charge in [-0.05, 0) is 47.9 Å². The molecule has 1 amide bonds. The first-order chi connectivity index (χ1) is 14.2. The number of hydrogen-bond donors (Lipinski definition) is 2. The summed E-state index contributed by atoms with van der Waals surface area (Å²) in [4.78, 5) is 15.6. The van der Waals surface area contributed by atoms with Gasteiger partial charge in [0.25, 0.3) is 5.91 Å². The van der Waals surface area contributed by atoms with E-state index in [4.69, 9.17) is 4.74 Å². The van der Waals surface area contributed by atoms with Crippen LogP contribution in [0.15, 0.2) is 78.9 Å². The minimum absolute atomic E-state index is 0.171. The molecule has 0 saturated carbocycles. The molecule has 1 heterocycles. The van der Waals surface area contributed by atoms with Crippen LogP contribution in [0.5, 0.6) is 5.75 Å². The first kappa shape index (κ1) is 18.7. The summed E-state index contributed by atoms with van der Waals surface area (Å²) in [5, 5.41) is 3.83. The molecular formula is C24H21FN2O2. The van der Waals surface area contributed by atoms with E-state index in [0.717, 1.165) is 27.8 Å². The predicted molar refractivity (Wildman–Crippen MR) is 112 cm³/mol. The lowest BCUT2D eigenvalue weighted by Crippen LogP contribution is -2.25. The van der Waals surface area contributed by atoms with Crippen molar-refractivity contribution in [3.05, 3.63) is 102 Å². The number of halogens is 1. The summed E-state index contributed by atoms with van der Waals surface area (Å²) in [6.45, 7) is 0.967. The van der Waals surface area contributed by atoms with Gasteiger partial charge in [0.2, 0.25) is 0 Å². The zero-order valence-electron chi connectivity index (χ0n) is 15.8. The van der Waals surface area contributed by atoms with Crippen LogP contribution in [0.2, 0.25) is 0 Å². The molecule has 0 fully saturated rings. The summed E-state index contributed by atoms with van der Waals surface area (Å²) >= 11 is 0. The predicted octanol–water partition coefficient (Wildman–Crippen LogP) is 4.86. The van der Waals surface area contributed by atoms with Gasteiger partial charge in [-0.15, -0.1) is 0 Å². The lowest BCUT2D eigenvalue weighted by Gasteiger charge is -2.06. The third-order valence-corrected chi connectivity index (χ3v) is 4.70. The van der Waals surface area contributed by atoms with Crippen LogP contribution in [0.3, 0.4) is 0 Å². The molecule has 0 spiro atoms. The van der Waals surface area contributed by atoms with Gasteiger partial charge in [-0.3, -0.25) is 4.79 Å². The second-order valence-electron chi connectivity index (χ2n) is 6.84. The van der Waals surface area contributed by atoms with E-state index in [0.29, 0.717) is 25.3 Å². The molecule has 5 heteroatoms. The molecule has 4 aromatic rings. The summed E-state index contributed by atoms with van der Waals surface area (Å²) in [6.07, 6.45) is 0.643. The van der Waals surface area contributed by atoms with Gasteiger partial charge in [-0.25, -0.2) is 4.39 Å². The number of aromatic amines is 1. The van der Waals surface area contributed by atoms with Crippen LogP contribution in [-0.4, -0.2) is 17.4 Å². The molecule has 4 rings (SSSR count). The summed E-state index contributed by atoms with van der Waals surface area (Å²) < 4.78 is 18.8. The fourth-order valence-corrected chi connectivity index (χ4v) is 3.13. The fraction of sp³-hybridized carbons (Fsp3) is 0.125. The quantitative estimate of drug-likeness (QED) is 0.475. The van der Waals surface area contributed by atoms with Crippen LogP contribution < -0.4 is 10.1 Å². The van der Waals surface area contributed by atoms with E-state index in [9.17, 15) is 9.18 Å². The van der Waals surface area contributed by atoms with E-state index in [1.807, 2.05) is 54.6 Å². The molecule has 146 valence electrons. The van der Waals surface area contributed by atoms with Gasteiger partial charge in [0.05, 0.1) is 0 Å². The maximum Gasteiger partial charge on any atom is 0.267 e. The number of ether oxygens (including phenoxy) is 1. The second kappa shape index (κ2) is 8.61. The summed E-state index contributed by atoms with van der Waals surface area (Å²) in [6, 6.07) is 23.8. The van der Waals surface area contributed by atoms with Crippen molar-refractivity contribution in [2.45, 2.75) is 13.0 Å². The van der Waals surface area contributed by atoms with E-state index >= 15 is 0 Å². The molecule has 4 nitrogen and oxygen atoms in total. The third kappa shape index (κ3) is 4.82. The molecule has 29 heavy (non-hydrogen) atoms. The largest absolute Gasteiger partial charge is 0.489 e. The van der Waals surface area contributed by atoms with Crippen molar-refractivity contribution in [1.29, 1.82) is 0 Å². The normalized spacial score (nSPS) is 10.8. The number of rotatable bonds is 7. The van der Waals surface area contributed by atoms with E-state index in [2.05, 4.69) is 10.3 Å². The Labute approximate surface area is 168 Å². The Hall–Kier alpha value is -3.60. The Balaban J connectivity index is 1.36. The van der Waals surface area contributed by atoms with Crippen LogP contribution >= 0.6 is 0 Å². The van der Waals surface area contributed by atoms with E-state index < -0.39 is 0 Å². The van der Waals surface area contributed by atoms with Crippen molar-refractivity contribution in [2.24, 2.45) is 0 Å². The number of amides is 1. The second-order valence-corrected chi connectivity index (χ2v) is 6.84. The molecule has 0 aliphatic carbocycles. The summed E-state index contributed by atoms with van der Waals surface area (Å²) in [5.41, 5.74) is 3.42. The lowest BCUT2D eigenvalue weighted by molar-refractivity contribution is 0.0950. The van der Waals surface area contributed by atoms with Crippen LogP contribution in [-0.2, 0) is 13.0 Å². The zero-order chi connectivity index (χ0) is 20.1. The van der Waals surface area contributed by atoms with Crippen LogP contribution in [0.4, 0.5) is 4.39 Å². The monoisotopic (exact) mass is 388 g/mol. The number of H-pyrrole nitrogens is 1. The van der Waals surface area contributed by atoms with Gasteiger partial charge in [0.1, 0.15) is 23.9 Å². The van der Waals surface area contributed by atoms with Crippen LogP contribution in [0.1, 0.15) is 21.6 Å². The number of fused-ring (bicyclic) bond motifs is 1. The molecular weight excluding hydrogens is 367 g/mol. The average Bonchev–Trinajstić information content (AvgIpc) is 3.18. The molecule has 0 saturated heterocycles. The first-order valence-electron chi connectivity index (χ1n) is 9.49. The van der Waals surface area contributed by atoms with Crippen molar-refractivity contribution in [3.8, 4) is 5.75 Å². The highest BCUT2D eigenvalue weighted by atomic mass is 19.1. The number of benzene rings is 3. The number of nitrogens with one attached hydrogen (secondary N) is 2. The standard InChI is InChI=1S/C24H21FN2O2/c25-20-9-6-17(7-10-20)12-13-26-24(28)23-14-19-8-11-21(15-22(19)27-23)29-16-18-4-2-1-3-5-18/h1-11,14-15,27H,12-13,16H2,(H,26,28). The van der Waals surface area contributed by atoms with Crippen molar-refractivity contribution < 1.29 is 13.9 Å². The van der Waals surface area contributed by atoms with Crippen molar-refractivity contribution >= 4 is 16.8 Å². The van der Waals surface area contributed by atoms with Gasteiger partial charge < -0.3 is 15.0 Å². The Bertz CT molecular complexity index is 1100. The number of carbonyl (C=O) groups is 1. The van der Waals surface area contributed by atoms with E-state index in [-0.39, 0.29) is 11.7 Å². The number of hydrogen-bond acceptors (Lipinski definition) is 2. The lowest BCUT2D eigenvalue weighted by atomic mass is 10.1. The number of carbonyl (C=O) groups excluding carboxylic acids is 1. The fourth-order valence-electron chi connectivity index (χ4n) is 3.13. The highest BCUT2D eigenvalue weighted by Gasteiger charge is 2.10. The topological polar surface area (TPSA) is 54.1 Å². The smallest absolute Gasteiger partial charge is 0.267 e. The zero-order valence-corrected chi connectivity index (χ0v) is 15.8. The third-order valence-electron chi connectivity index (χ3n) is 4.70. The maximum absolute atomic E-state index is 12.9. The van der Waals surface area contributed by atoms with Crippen molar-refractivity contribution in [3.63, 3.8) is 0 Å². The summed E-state index contributed by atoms with van der Waals surface area (Å²) in [5.74, 6) is 0.310. The minimum Gasteiger partial charge on any atom is -0.489 e. The number of aromatic nitrogens is 1. The van der Waals surface area contributed by atoms with E-state index in [1.54, 1.807) is 12.1 Å². The van der Waals surface area contributed by atoms with Gasteiger partial charge in [0.15, 0.2) is 0 Å². The molecule has 3 aromatic carbocycles. The summed E-state index contributed by atoms with van der Waals surface area (Å²) in [7, 11) is 0. The maximum atomic E-state index is 12.9. The molecule has 1 aromatic heterocycles. The van der Waals surface area contributed by atoms with Crippen LogP contribution in [0.25, 0.3) is 10.9 Å². The van der Waals surface area contributed by atoms with E-state index in [1.165, 1.54) is 12.1 Å². The average molecular weight is 388 g/mol. The van der Waals surface area contributed by atoms with Gasteiger partial charge in [0, 0.05) is 23.5 Å². The Morgan fingerprint density at radius 1 is 0.931 bits per heavy atom. The van der Waals surface area contributed by atoms with Gasteiger partial charge in [-0.2, -0.15) is 0 Å². The van der Waals surface area contributed by atoms with Gasteiger partial charge in [-0.1, -0.05) is 42.5 Å². The molecule has 0 aliphatic heterocycles. The molecule has 0 atom stereocenters. The molecule has 0 radical (unpaired) electrons. The highest BCUT2D eigenvalue weighted by Crippen LogP contribution is 2.22. The Morgan fingerprint density at radius 3 is 2.52 bits per heavy atom. The van der Waals surface area contributed by atoms with Crippen molar-refractivity contribution in [1.82, 2.24) is 10.3 Å².